The van der Waals surface area contributed by atoms with Crippen molar-refractivity contribution in [2.75, 3.05) is 20.2 Å². The Morgan fingerprint density at radius 2 is 2.22 bits per heavy atom. The van der Waals surface area contributed by atoms with Crippen LogP contribution in [0.3, 0.4) is 0 Å². The summed E-state index contributed by atoms with van der Waals surface area (Å²) < 4.78 is 7.51. The molecular weight excluding hydrogens is 224 g/mol. The maximum Gasteiger partial charge on any atom is 0.119 e. The van der Waals surface area contributed by atoms with Crippen LogP contribution in [-0.2, 0) is 7.05 Å². The molecule has 3 nitrogen and oxygen atoms in total. The number of rotatable bonds is 2. The van der Waals surface area contributed by atoms with Crippen molar-refractivity contribution in [3.63, 3.8) is 0 Å². The predicted molar refractivity (Wildman–Crippen MR) is 74.9 cm³/mol. The summed E-state index contributed by atoms with van der Waals surface area (Å²) in [5, 5.41) is 4.70. The highest BCUT2D eigenvalue weighted by Gasteiger charge is 2.13. The van der Waals surface area contributed by atoms with Gasteiger partial charge in [-0.3, -0.25) is 0 Å². The van der Waals surface area contributed by atoms with Crippen LogP contribution in [0.25, 0.3) is 16.5 Å². The monoisotopic (exact) mass is 242 g/mol. The van der Waals surface area contributed by atoms with Crippen LogP contribution < -0.4 is 10.1 Å². The summed E-state index contributed by atoms with van der Waals surface area (Å²) in [6.07, 6.45) is 5.66. The molecule has 0 saturated heterocycles. The summed E-state index contributed by atoms with van der Waals surface area (Å²) in [5.74, 6) is 0.916. The van der Waals surface area contributed by atoms with Gasteiger partial charge in [0.15, 0.2) is 0 Å². The van der Waals surface area contributed by atoms with Gasteiger partial charge >= 0.3 is 0 Å². The van der Waals surface area contributed by atoms with Gasteiger partial charge in [0.1, 0.15) is 5.75 Å². The average Bonchev–Trinajstić information content (AvgIpc) is 2.76. The molecule has 2 aromatic rings. The van der Waals surface area contributed by atoms with E-state index in [2.05, 4.69) is 41.3 Å². The van der Waals surface area contributed by atoms with Gasteiger partial charge < -0.3 is 14.6 Å². The molecule has 18 heavy (non-hydrogen) atoms. The summed E-state index contributed by atoms with van der Waals surface area (Å²) >= 11 is 0. The van der Waals surface area contributed by atoms with E-state index in [-0.39, 0.29) is 0 Å². The van der Waals surface area contributed by atoms with E-state index >= 15 is 0 Å². The Morgan fingerprint density at radius 3 is 2.94 bits per heavy atom. The van der Waals surface area contributed by atoms with E-state index in [9.17, 15) is 0 Å². The lowest BCUT2D eigenvalue weighted by Gasteiger charge is -2.13. The van der Waals surface area contributed by atoms with Crippen molar-refractivity contribution in [2.24, 2.45) is 7.05 Å². The first-order valence-electron chi connectivity index (χ1n) is 6.33. The first-order valence-corrected chi connectivity index (χ1v) is 6.33. The van der Waals surface area contributed by atoms with Crippen molar-refractivity contribution < 1.29 is 4.74 Å². The third kappa shape index (κ3) is 1.81. The Balaban J connectivity index is 2.18. The number of methoxy groups -OCH3 is 1. The zero-order valence-electron chi connectivity index (χ0n) is 10.9. The number of benzene rings is 1. The number of fused-ring (bicyclic) bond motifs is 1. The van der Waals surface area contributed by atoms with Crippen LogP contribution >= 0.6 is 0 Å². The number of hydrogen-bond acceptors (Lipinski definition) is 2. The lowest BCUT2D eigenvalue weighted by Crippen LogP contribution is -2.21. The third-order valence-corrected chi connectivity index (χ3v) is 3.57. The van der Waals surface area contributed by atoms with Gasteiger partial charge in [0.25, 0.3) is 0 Å². The SMILES string of the molecule is COc1ccc2c(c1)c(C1=CCCNC1)cn2C. The zero-order valence-corrected chi connectivity index (χ0v) is 10.9. The normalized spacial score (nSPS) is 15.8. The van der Waals surface area contributed by atoms with Crippen LogP contribution in [-0.4, -0.2) is 24.8 Å². The van der Waals surface area contributed by atoms with Gasteiger partial charge in [-0.15, -0.1) is 0 Å². The van der Waals surface area contributed by atoms with Crippen molar-refractivity contribution in [2.45, 2.75) is 6.42 Å². The molecule has 2 heterocycles. The summed E-state index contributed by atoms with van der Waals surface area (Å²) in [6.45, 7) is 2.04. The zero-order chi connectivity index (χ0) is 12.5. The lowest BCUT2D eigenvalue weighted by atomic mass is 10.0. The highest BCUT2D eigenvalue weighted by Crippen LogP contribution is 2.30. The topological polar surface area (TPSA) is 26.2 Å². The van der Waals surface area contributed by atoms with Gasteiger partial charge in [-0.05, 0) is 36.7 Å². The molecule has 0 fully saturated rings. The molecule has 1 aliphatic heterocycles. The van der Waals surface area contributed by atoms with E-state index in [0.29, 0.717) is 0 Å². The Labute approximate surface area is 107 Å². The molecule has 0 saturated carbocycles. The molecule has 94 valence electrons. The van der Waals surface area contributed by atoms with Crippen molar-refractivity contribution in [3.8, 4) is 5.75 Å². The van der Waals surface area contributed by atoms with Crippen molar-refractivity contribution in [1.82, 2.24) is 9.88 Å². The second-order valence-electron chi connectivity index (χ2n) is 4.73. The molecule has 1 aromatic carbocycles. The highest BCUT2D eigenvalue weighted by molar-refractivity contribution is 5.94. The van der Waals surface area contributed by atoms with Crippen molar-refractivity contribution in [3.05, 3.63) is 36.0 Å². The molecule has 3 rings (SSSR count). The van der Waals surface area contributed by atoms with Crippen LogP contribution in [0.1, 0.15) is 12.0 Å². The first-order chi connectivity index (χ1) is 8.79. The molecule has 0 atom stereocenters. The Hall–Kier alpha value is -1.74. The first kappa shape index (κ1) is 11.4. The molecule has 0 radical (unpaired) electrons. The van der Waals surface area contributed by atoms with Crippen molar-refractivity contribution >= 4 is 16.5 Å². The number of aryl methyl sites for hydroxylation is 1. The van der Waals surface area contributed by atoms with Gasteiger partial charge in [-0.2, -0.15) is 0 Å². The van der Waals surface area contributed by atoms with E-state index in [0.717, 1.165) is 25.3 Å². The fraction of sp³-hybridized carbons (Fsp3) is 0.333. The molecule has 1 aliphatic rings. The molecule has 0 unspecified atom stereocenters. The largest absolute Gasteiger partial charge is 0.497 e. The Morgan fingerprint density at radius 1 is 1.33 bits per heavy atom. The minimum atomic E-state index is 0.916. The highest BCUT2D eigenvalue weighted by atomic mass is 16.5. The minimum Gasteiger partial charge on any atom is -0.497 e. The van der Waals surface area contributed by atoms with E-state index in [4.69, 9.17) is 4.74 Å². The second kappa shape index (κ2) is 4.50. The Bertz CT molecular complexity index is 610. The van der Waals surface area contributed by atoms with Crippen LogP contribution in [0.2, 0.25) is 0 Å². The molecule has 0 spiro atoms. The number of nitrogens with zero attached hydrogens (tertiary/aromatic N) is 1. The quantitative estimate of drug-likeness (QED) is 0.876. The fourth-order valence-corrected chi connectivity index (χ4v) is 2.60. The van der Waals surface area contributed by atoms with Crippen LogP contribution in [0, 0.1) is 0 Å². The maximum atomic E-state index is 5.33. The van der Waals surface area contributed by atoms with Gasteiger partial charge in [0.05, 0.1) is 7.11 Å². The molecule has 3 heteroatoms. The predicted octanol–water partition coefficient (Wildman–Crippen LogP) is 2.56. The second-order valence-corrected chi connectivity index (χ2v) is 4.73. The summed E-state index contributed by atoms with van der Waals surface area (Å²) in [6, 6.07) is 6.26. The summed E-state index contributed by atoms with van der Waals surface area (Å²) in [7, 11) is 3.81. The van der Waals surface area contributed by atoms with E-state index in [1.54, 1.807) is 7.11 Å². The van der Waals surface area contributed by atoms with Gasteiger partial charge in [0.2, 0.25) is 0 Å². The van der Waals surface area contributed by atoms with E-state index in [1.165, 1.54) is 22.0 Å². The number of hydrogen-bond donors (Lipinski definition) is 1. The van der Waals surface area contributed by atoms with Crippen LogP contribution in [0.4, 0.5) is 0 Å². The molecular formula is C15H18N2O. The van der Waals surface area contributed by atoms with Gasteiger partial charge in [-0.25, -0.2) is 0 Å². The Kier molecular flexibility index (Phi) is 2.84. The van der Waals surface area contributed by atoms with E-state index in [1.807, 2.05) is 6.07 Å². The molecule has 0 aliphatic carbocycles. The molecule has 0 bridgehead atoms. The van der Waals surface area contributed by atoms with Crippen molar-refractivity contribution in [1.29, 1.82) is 0 Å². The maximum absolute atomic E-state index is 5.33. The smallest absolute Gasteiger partial charge is 0.119 e. The molecule has 0 amide bonds. The summed E-state index contributed by atoms with van der Waals surface area (Å²) in [4.78, 5) is 0. The number of ether oxygens (including phenoxy) is 1. The molecule has 1 aromatic heterocycles. The average molecular weight is 242 g/mol. The number of aromatic nitrogens is 1. The van der Waals surface area contributed by atoms with Gasteiger partial charge in [0, 0.05) is 36.3 Å². The minimum absolute atomic E-state index is 0.916. The fourth-order valence-electron chi connectivity index (χ4n) is 2.60. The molecule has 1 N–H and O–H groups in total. The summed E-state index contributed by atoms with van der Waals surface area (Å²) in [5.41, 5.74) is 3.95. The van der Waals surface area contributed by atoms with Gasteiger partial charge in [-0.1, -0.05) is 6.08 Å². The van der Waals surface area contributed by atoms with E-state index < -0.39 is 0 Å². The standard InChI is InChI=1S/C15H18N2O/c1-17-10-14(11-4-3-7-16-9-11)13-8-12(18-2)5-6-15(13)17/h4-6,8,10,16H,3,7,9H2,1-2H3. The third-order valence-electron chi connectivity index (χ3n) is 3.57. The number of nitrogens with one attached hydrogen (secondary N) is 1. The van der Waals surface area contributed by atoms with Crippen LogP contribution in [0.5, 0.6) is 5.75 Å². The lowest BCUT2D eigenvalue weighted by molar-refractivity contribution is 0.415. The van der Waals surface area contributed by atoms with Crippen LogP contribution in [0.15, 0.2) is 30.5 Å².